The predicted octanol–water partition coefficient (Wildman–Crippen LogP) is 3.22. The van der Waals surface area contributed by atoms with Crippen LogP contribution in [0.4, 0.5) is 8.78 Å². The fourth-order valence-corrected chi connectivity index (χ4v) is 2.17. The fraction of sp³-hybridized carbons (Fsp3) is 0.231. The summed E-state index contributed by atoms with van der Waals surface area (Å²) in [4.78, 5) is 8.05. The molecule has 0 aliphatic heterocycles. The molecule has 19 heavy (non-hydrogen) atoms. The quantitative estimate of drug-likeness (QED) is 0.876. The van der Waals surface area contributed by atoms with Gasteiger partial charge < -0.3 is 5.32 Å². The summed E-state index contributed by atoms with van der Waals surface area (Å²) in [7, 11) is 0. The SMILES string of the molecule is CCNC(c1cnccn1)c1c(F)ccc(Br)c1F. The van der Waals surface area contributed by atoms with E-state index in [2.05, 4.69) is 31.2 Å². The van der Waals surface area contributed by atoms with Crippen LogP contribution in [0.3, 0.4) is 0 Å². The van der Waals surface area contributed by atoms with Crippen LogP contribution >= 0.6 is 15.9 Å². The van der Waals surface area contributed by atoms with Crippen LogP contribution < -0.4 is 5.32 Å². The number of hydrogen-bond donors (Lipinski definition) is 1. The molecule has 1 N–H and O–H groups in total. The highest BCUT2D eigenvalue weighted by Gasteiger charge is 2.24. The number of aromatic nitrogens is 2. The van der Waals surface area contributed by atoms with Crippen LogP contribution in [0.25, 0.3) is 0 Å². The Bertz CT molecular complexity index is 563. The summed E-state index contributed by atoms with van der Waals surface area (Å²) in [6.45, 7) is 2.41. The fourth-order valence-electron chi connectivity index (χ4n) is 1.83. The van der Waals surface area contributed by atoms with Crippen LogP contribution in [0.5, 0.6) is 0 Å². The van der Waals surface area contributed by atoms with Gasteiger partial charge in [0.25, 0.3) is 0 Å². The summed E-state index contributed by atoms with van der Waals surface area (Å²) < 4.78 is 28.3. The van der Waals surface area contributed by atoms with Crippen molar-refractivity contribution in [2.45, 2.75) is 13.0 Å². The number of nitrogens with one attached hydrogen (secondary N) is 1. The van der Waals surface area contributed by atoms with Crippen molar-refractivity contribution in [3.05, 3.63) is 58.1 Å². The number of halogens is 3. The topological polar surface area (TPSA) is 37.8 Å². The van der Waals surface area contributed by atoms with Crippen LogP contribution in [0.1, 0.15) is 24.2 Å². The highest BCUT2D eigenvalue weighted by Crippen LogP contribution is 2.29. The number of rotatable bonds is 4. The molecule has 6 heteroatoms. The summed E-state index contributed by atoms with van der Waals surface area (Å²) in [6.07, 6.45) is 4.50. The normalized spacial score (nSPS) is 12.4. The molecule has 2 rings (SSSR count). The molecule has 1 atom stereocenters. The molecule has 0 bridgehead atoms. The first-order valence-electron chi connectivity index (χ1n) is 5.77. The molecule has 0 aliphatic carbocycles. The molecule has 0 saturated heterocycles. The average Bonchev–Trinajstić information content (AvgIpc) is 2.43. The molecule has 1 heterocycles. The van der Waals surface area contributed by atoms with Gasteiger partial charge in [-0.05, 0) is 34.6 Å². The van der Waals surface area contributed by atoms with Gasteiger partial charge in [0.1, 0.15) is 11.6 Å². The minimum absolute atomic E-state index is 0.0586. The first kappa shape index (κ1) is 14.0. The summed E-state index contributed by atoms with van der Waals surface area (Å²) >= 11 is 3.07. The van der Waals surface area contributed by atoms with E-state index in [1.54, 1.807) is 0 Å². The van der Waals surface area contributed by atoms with Crippen molar-refractivity contribution in [2.24, 2.45) is 0 Å². The van der Waals surface area contributed by atoms with E-state index in [0.717, 1.165) is 0 Å². The predicted molar refractivity (Wildman–Crippen MR) is 71.6 cm³/mol. The van der Waals surface area contributed by atoms with Crippen molar-refractivity contribution in [2.75, 3.05) is 6.54 Å². The van der Waals surface area contributed by atoms with E-state index in [1.807, 2.05) is 6.92 Å². The molecule has 100 valence electrons. The molecule has 1 aromatic carbocycles. The standard InChI is InChI=1S/C13H12BrF2N3/c1-2-18-13(10-7-17-5-6-19-10)11-9(15)4-3-8(14)12(11)16/h3-7,13,18H,2H2,1H3. The molecule has 0 spiro atoms. The highest BCUT2D eigenvalue weighted by atomic mass is 79.9. The second-order valence-corrected chi connectivity index (χ2v) is 4.73. The second kappa shape index (κ2) is 6.16. The zero-order valence-electron chi connectivity index (χ0n) is 10.2. The molecule has 0 radical (unpaired) electrons. The first-order valence-corrected chi connectivity index (χ1v) is 6.57. The third-order valence-electron chi connectivity index (χ3n) is 2.66. The van der Waals surface area contributed by atoms with E-state index in [-0.39, 0.29) is 10.0 Å². The third kappa shape index (κ3) is 2.96. The number of benzene rings is 1. The van der Waals surface area contributed by atoms with Gasteiger partial charge in [-0.3, -0.25) is 9.97 Å². The van der Waals surface area contributed by atoms with E-state index >= 15 is 0 Å². The van der Waals surface area contributed by atoms with Crippen LogP contribution in [0.2, 0.25) is 0 Å². The lowest BCUT2D eigenvalue weighted by atomic mass is 10.0. The first-order chi connectivity index (χ1) is 9.15. The van der Waals surface area contributed by atoms with Crippen LogP contribution in [-0.2, 0) is 0 Å². The average molecular weight is 328 g/mol. The Morgan fingerprint density at radius 1 is 1.32 bits per heavy atom. The van der Waals surface area contributed by atoms with E-state index in [4.69, 9.17) is 0 Å². The lowest BCUT2D eigenvalue weighted by molar-refractivity contribution is 0.501. The van der Waals surface area contributed by atoms with E-state index in [0.29, 0.717) is 12.2 Å². The molecule has 3 nitrogen and oxygen atoms in total. The largest absolute Gasteiger partial charge is 0.305 e. The van der Waals surface area contributed by atoms with Gasteiger partial charge in [-0.25, -0.2) is 8.78 Å². The smallest absolute Gasteiger partial charge is 0.145 e. The Kier molecular flexibility index (Phi) is 4.55. The molecular weight excluding hydrogens is 316 g/mol. The van der Waals surface area contributed by atoms with Gasteiger partial charge in [0, 0.05) is 18.0 Å². The van der Waals surface area contributed by atoms with Gasteiger partial charge in [-0.15, -0.1) is 0 Å². The maximum absolute atomic E-state index is 14.1. The molecule has 1 aromatic heterocycles. The minimum atomic E-state index is -0.670. The number of nitrogens with zero attached hydrogens (tertiary/aromatic N) is 2. The van der Waals surface area contributed by atoms with Gasteiger partial charge in [-0.1, -0.05) is 6.92 Å². The van der Waals surface area contributed by atoms with Crippen molar-refractivity contribution in [1.29, 1.82) is 0 Å². The van der Waals surface area contributed by atoms with Crippen molar-refractivity contribution in [3.8, 4) is 0 Å². The maximum Gasteiger partial charge on any atom is 0.145 e. The molecule has 2 aromatic rings. The molecule has 0 saturated carbocycles. The van der Waals surface area contributed by atoms with Crippen LogP contribution in [0.15, 0.2) is 35.2 Å². The van der Waals surface area contributed by atoms with E-state index in [1.165, 1.54) is 30.7 Å². The van der Waals surface area contributed by atoms with Crippen molar-refractivity contribution in [3.63, 3.8) is 0 Å². The number of hydrogen-bond acceptors (Lipinski definition) is 3. The van der Waals surface area contributed by atoms with Crippen molar-refractivity contribution in [1.82, 2.24) is 15.3 Å². The zero-order chi connectivity index (χ0) is 13.8. The molecular formula is C13H12BrF2N3. The molecule has 1 unspecified atom stereocenters. The van der Waals surface area contributed by atoms with Crippen molar-refractivity contribution < 1.29 is 8.78 Å². The summed E-state index contributed by atoms with van der Waals surface area (Å²) in [5.41, 5.74) is 0.414. The zero-order valence-corrected chi connectivity index (χ0v) is 11.8. The summed E-state index contributed by atoms with van der Waals surface area (Å²) in [5.74, 6) is -1.24. The summed E-state index contributed by atoms with van der Waals surface area (Å²) in [6, 6.07) is 1.90. The molecule has 0 fully saturated rings. The van der Waals surface area contributed by atoms with Crippen LogP contribution in [-0.4, -0.2) is 16.5 Å². The summed E-state index contributed by atoms with van der Waals surface area (Å²) in [5, 5.41) is 3.02. The molecule has 0 aliphatic rings. The van der Waals surface area contributed by atoms with Crippen molar-refractivity contribution >= 4 is 15.9 Å². The maximum atomic E-state index is 14.1. The van der Waals surface area contributed by atoms with E-state index < -0.39 is 17.7 Å². The molecule has 0 amide bonds. The minimum Gasteiger partial charge on any atom is -0.305 e. The third-order valence-corrected chi connectivity index (χ3v) is 3.27. The Morgan fingerprint density at radius 2 is 2.11 bits per heavy atom. The highest BCUT2D eigenvalue weighted by molar-refractivity contribution is 9.10. The van der Waals surface area contributed by atoms with Crippen LogP contribution in [0, 0.1) is 11.6 Å². The lowest BCUT2D eigenvalue weighted by Gasteiger charge is -2.19. The Balaban J connectivity index is 2.54. The van der Waals surface area contributed by atoms with Gasteiger partial charge in [-0.2, -0.15) is 0 Å². The Labute approximate surface area is 118 Å². The Morgan fingerprint density at radius 3 is 2.74 bits per heavy atom. The van der Waals surface area contributed by atoms with Gasteiger partial charge >= 0.3 is 0 Å². The monoisotopic (exact) mass is 327 g/mol. The van der Waals surface area contributed by atoms with Gasteiger partial charge in [0.15, 0.2) is 0 Å². The lowest BCUT2D eigenvalue weighted by Crippen LogP contribution is -2.25. The van der Waals surface area contributed by atoms with E-state index in [9.17, 15) is 8.78 Å². The van der Waals surface area contributed by atoms with Gasteiger partial charge in [0.2, 0.25) is 0 Å². The van der Waals surface area contributed by atoms with Gasteiger partial charge in [0.05, 0.1) is 22.4 Å². The second-order valence-electron chi connectivity index (χ2n) is 3.88. The Hall–Kier alpha value is -1.40.